The Balaban J connectivity index is 1.44. The van der Waals surface area contributed by atoms with Gasteiger partial charge in [0.05, 0.1) is 11.0 Å². The Kier molecular flexibility index (Phi) is 5.58. The third kappa shape index (κ3) is 4.29. The third-order valence-electron chi connectivity index (χ3n) is 5.48. The number of carbonyl (C=O) groups excluding carboxylic acids is 1. The molecule has 29 heavy (non-hydrogen) atoms. The zero-order valence-corrected chi connectivity index (χ0v) is 16.4. The number of rotatable bonds is 4. The summed E-state index contributed by atoms with van der Waals surface area (Å²) in [6.07, 6.45) is -1.76. The van der Waals surface area contributed by atoms with Crippen LogP contribution in [-0.2, 0) is 6.54 Å². The number of aromatic amines is 1. The first-order valence-corrected chi connectivity index (χ1v) is 9.85. The summed E-state index contributed by atoms with van der Waals surface area (Å²) < 4.78 is 25.7. The molecule has 0 radical (unpaired) electrons. The van der Waals surface area contributed by atoms with E-state index in [2.05, 4.69) is 40.0 Å². The van der Waals surface area contributed by atoms with Gasteiger partial charge in [-0.1, -0.05) is 24.3 Å². The van der Waals surface area contributed by atoms with Crippen molar-refractivity contribution in [2.24, 2.45) is 0 Å². The highest BCUT2D eigenvalue weighted by molar-refractivity contribution is 5.97. The van der Waals surface area contributed by atoms with Crippen LogP contribution in [0.2, 0.25) is 0 Å². The van der Waals surface area contributed by atoms with Crippen LogP contribution in [-0.4, -0.2) is 51.9 Å². The number of hydrogen-bond donors (Lipinski definition) is 1. The summed E-state index contributed by atoms with van der Waals surface area (Å²) in [6, 6.07) is 13.3. The van der Waals surface area contributed by atoms with Crippen LogP contribution in [0.1, 0.15) is 40.2 Å². The highest BCUT2D eigenvalue weighted by Crippen LogP contribution is 2.21. The molecule has 4 rings (SSSR count). The number of hydrogen-bond acceptors (Lipinski definition) is 3. The summed E-state index contributed by atoms with van der Waals surface area (Å²) in [5, 5.41) is 0. The minimum atomic E-state index is -2.66. The highest BCUT2D eigenvalue weighted by Gasteiger charge is 2.21. The number of benzene rings is 2. The summed E-state index contributed by atoms with van der Waals surface area (Å²) in [6.45, 7) is 6.08. The molecular formula is C22H24F2N4O. The third-order valence-corrected chi connectivity index (χ3v) is 5.48. The SMILES string of the molecule is Cc1ccccc1CN1CCCN(C(=O)c2ccc3nc(C(F)F)[nH]c3c2)CC1. The van der Waals surface area contributed by atoms with Crippen molar-refractivity contribution in [3.63, 3.8) is 0 Å². The Morgan fingerprint density at radius 3 is 2.76 bits per heavy atom. The minimum absolute atomic E-state index is 0.0714. The first kappa shape index (κ1) is 19.5. The second-order valence-electron chi connectivity index (χ2n) is 7.50. The molecule has 2 heterocycles. The van der Waals surface area contributed by atoms with Gasteiger partial charge in [0, 0.05) is 38.3 Å². The molecule has 1 amide bonds. The monoisotopic (exact) mass is 398 g/mol. The summed E-state index contributed by atoms with van der Waals surface area (Å²) >= 11 is 0. The van der Waals surface area contributed by atoms with E-state index in [1.165, 1.54) is 11.1 Å². The molecule has 1 saturated heterocycles. The van der Waals surface area contributed by atoms with Gasteiger partial charge >= 0.3 is 0 Å². The standard InChI is InChI=1S/C22H24F2N4O/c1-15-5-2-3-6-17(15)14-27-9-4-10-28(12-11-27)22(29)16-7-8-18-19(13-16)26-21(25-18)20(23)24/h2-3,5-8,13,20H,4,9-12,14H2,1H3,(H,25,26). The predicted octanol–water partition coefficient (Wildman–Crippen LogP) is 4.16. The molecule has 0 bridgehead atoms. The molecule has 152 valence electrons. The average molecular weight is 398 g/mol. The number of aromatic nitrogens is 2. The van der Waals surface area contributed by atoms with Gasteiger partial charge in [-0.15, -0.1) is 0 Å². The van der Waals surface area contributed by atoms with E-state index in [0.29, 0.717) is 29.7 Å². The number of halogens is 2. The largest absolute Gasteiger partial charge is 0.337 e. The fourth-order valence-corrected chi connectivity index (χ4v) is 3.81. The van der Waals surface area contributed by atoms with Crippen molar-refractivity contribution in [2.75, 3.05) is 26.2 Å². The molecule has 0 aliphatic carbocycles. The van der Waals surface area contributed by atoms with Crippen molar-refractivity contribution in [3.8, 4) is 0 Å². The van der Waals surface area contributed by atoms with E-state index in [9.17, 15) is 13.6 Å². The van der Waals surface area contributed by atoms with E-state index in [1.54, 1.807) is 18.2 Å². The number of nitrogens with zero attached hydrogens (tertiary/aromatic N) is 3. The second kappa shape index (κ2) is 8.29. The van der Waals surface area contributed by atoms with E-state index in [0.717, 1.165) is 26.1 Å². The molecule has 0 unspecified atom stereocenters. The Labute approximate surface area is 168 Å². The number of alkyl halides is 2. The van der Waals surface area contributed by atoms with Crippen molar-refractivity contribution in [1.29, 1.82) is 0 Å². The number of H-pyrrole nitrogens is 1. The Hall–Kier alpha value is -2.80. The first-order chi connectivity index (χ1) is 14.0. The van der Waals surface area contributed by atoms with Crippen molar-refractivity contribution < 1.29 is 13.6 Å². The molecule has 0 spiro atoms. The van der Waals surface area contributed by atoms with Crippen LogP contribution < -0.4 is 0 Å². The average Bonchev–Trinajstić information content (AvgIpc) is 3.01. The molecule has 3 aromatic rings. The smallest absolute Gasteiger partial charge is 0.295 e. The van der Waals surface area contributed by atoms with Gasteiger partial charge in [0.1, 0.15) is 0 Å². The fourth-order valence-electron chi connectivity index (χ4n) is 3.81. The van der Waals surface area contributed by atoms with Crippen LogP contribution in [0, 0.1) is 6.92 Å². The van der Waals surface area contributed by atoms with Crippen LogP contribution in [0.25, 0.3) is 11.0 Å². The molecule has 1 aliphatic rings. The number of carbonyl (C=O) groups is 1. The van der Waals surface area contributed by atoms with Crippen molar-refractivity contribution in [3.05, 3.63) is 65.0 Å². The number of amides is 1. The van der Waals surface area contributed by atoms with Gasteiger partial charge in [-0.3, -0.25) is 9.69 Å². The maximum Gasteiger partial charge on any atom is 0.295 e. The molecule has 2 aromatic carbocycles. The molecule has 5 nitrogen and oxygen atoms in total. The van der Waals surface area contributed by atoms with Crippen LogP contribution in [0.15, 0.2) is 42.5 Å². The predicted molar refractivity (Wildman–Crippen MR) is 108 cm³/mol. The lowest BCUT2D eigenvalue weighted by Crippen LogP contribution is -2.35. The van der Waals surface area contributed by atoms with Gasteiger partial charge in [-0.2, -0.15) is 0 Å². The van der Waals surface area contributed by atoms with Crippen LogP contribution in [0.5, 0.6) is 0 Å². The number of fused-ring (bicyclic) bond motifs is 1. The number of aryl methyl sites for hydroxylation is 1. The quantitative estimate of drug-likeness (QED) is 0.718. The van der Waals surface area contributed by atoms with Gasteiger partial charge in [0.25, 0.3) is 12.3 Å². The zero-order valence-electron chi connectivity index (χ0n) is 16.4. The van der Waals surface area contributed by atoms with Gasteiger partial charge in [0.2, 0.25) is 0 Å². The molecule has 0 saturated carbocycles. The maximum atomic E-state index is 13.0. The maximum absolute atomic E-state index is 13.0. The molecule has 7 heteroatoms. The van der Waals surface area contributed by atoms with Crippen LogP contribution in [0.3, 0.4) is 0 Å². The lowest BCUT2D eigenvalue weighted by molar-refractivity contribution is 0.0761. The summed E-state index contributed by atoms with van der Waals surface area (Å²) in [7, 11) is 0. The Morgan fingerprint density at radius 1 is 1.14 bits per heavy atom. The summed E-state index contributed by atoms with van der Waals surface area (Å²) in [5.74, 6) is -0.441. The van der Waals surface area contributed by atoms with Crippen LogP contribution in [0.4, 0.5) is 8.78 Å². The van der Waals surface area contributed by atoms with Gasteiger partial charge in [-0.25, -0.2) is 13.8 Å². The highest BCUT2D eigenvalue weighted by atomic mass is 19.3. The number of nitrogens with one attached hydrogen (secondary N) is 1. The van der Waals surface area contributed by atoms with E-state index >= 15 is 0 Å². The van der Waals surface area contributed by atoms with Crippen molar-refractivity contribution in [1.82, 2.24) is 19.8 Å². The van der Waals surface area contributed by atoms with Crippen molar-refractivity contribution in [2.45, 2.75) is 26.3 Å². The van der Waals surface area contributed by atoms with Gasteiger partial charge < -0.3 is 9.88 Å². The molecule has 1 aromatic heterocycles. The molecular weight excluding hydrogens is 374 g/mol. The normalized spacial score (nSPS) is 15.8. The number of imidazole rings is 1. The van der Waals surface area contributed by atoms with Gasteiger partial charge in [0.15, 0.2) is 5.82 Å². The lowest BCUT2D eigenvalue weighted by atomic mass is 10.1. The Bertz CT molecular complexity index is 1020. The minimum Gasteiger partial charge on any atom is -0.337 e. The molecule has 1 N–H and O–H groups in total. The molecule has 0 atom stereocenters. The summed E-state index contributed by atoms with van der Waals surface area (Å²) in [4.78, 5) is 23.7. The zero-order chi connectivity index (χ0) is 20.4. The Morgan fingerprint density at radius 2 is 1.97 bits per heavy atom. The summed E-state index contributed by atoms with van der Waals surface area (Å²) in [5.41, 5.74) is 3.99. The van der Waals surface area contributed by atoms with E-state index < -0.39 is 6.43 Å². The first-order valence-electron chi connectivity index (χ1n) is 9.85. The van der Waals surface area contributed by atoms with Crippen LogP contribution >= 0.6 is 0 Å². The lowest BCUT2D eigenvalue weighted by Gasteiger charge is -2.22. The molecule has 1 fully saturated rings. The van der Waals surface area contributed by atoms with E-state index in [-0.39, 0.29) is 11.7 Å². The second-order valence-corrected chi connectivity index (χ2v) is 7.50. The van der Waals surface area contributed by atoms with E-state index in [4.69, 9.17) is 0 Å². The van der Waals surface area contributed by atoms with Gasteiger partial charge in [-0.05, 0) is 42.7 Å². The molecule has 1 aliphatic heterocycles. The fraction of sp³-hybridized carbons (Fsp3) is 0.364. The van der Waals surface area contributed by atoms with Crippen molar-refractivity contribution >= 4 is 16.9 Å². The topological polar surface area (TPSA) is 52.2 Å². The van der Waals surface area contributed by atoms with E-state index in [1.807, 2.05) is 11.0 Å².